The van der Waals surface area contributed by atoms with Gasteiger partial charge in [0, 0.05) is 5.56 Å². The summed E-state index contributed by atoms with van der Waals surface area (Å²) in [5.41, 5.74) is 0.670. The van der Waals surface area contributed by atoms with E-state index in [-0.39, 0.29) is 24.7 Å². The molecule has 3 heteroatoms. The van der Waals surface area contributed by atoms with Crippen LogP contribution in [-0.2, 0) is 4.79 Å². The Kier molecular flexibility index (Phi) is 4.01. The zero-order valence-corrected chi connectivity index (χ0v) is 8.12. The fourth-order valence-electron chi connectivity index (χ4n) is 1.08. The summed E-state index contributed by atoms with van der Waals surface area (Å²) in [6, 6.07) is 9.02. The normalized spacial score (nSPS) is 9.79. The minimum absolute atomic E-state index is 0.00634. The molecule has 0 aliphatic rings. The molecule has 74 valence electrons. The van der Waals surface area contributed by atoms with Crippen molar-refractivity contribution >= 4 is 11.6 Å². The van der Waals surface area contributed by atoms with E-state index in [1.54, 1.807) is 12.1 Å². The molecule has 0 aliphatic carbocycles. The van der Waals surface area contributed by atoms with Gasteiger partial charge < -0.3 is 5.32 Å². The summed E-state index contributed by atoms with van der Waals surface area (Å²) in [5.74, 6) is 0.0395. The van der Waals surface area contributed by atoms with Gasteiger partial charge in [0.25, 0.3) is 0 Å². The van der Waals surface area contributed by atoms with Crippen LogP contribution < -0.4 is 5.32 Å². The summed E-state index contributed by atoms with van der Waals surface area (Å²) >= 11 is 0. The first kappa shape index (κ1) is 10.6. The van der Waals surface area contributed by atoms with E-state index in [9.17, 15) is 9.59 Å². The Hall–Kier alpha value is -1.48. The molecular weight excluding hydrogens is 178 g/mol. The summed E-state index contributed by atoms with van der Waals surface area (Å²) in [6.45, 7) is 1.95. The fourth-order valence-corrected chi connectivity index (χ4v) is 1.08. The number of hydrogen-bond donors (Lipinski definition) is 1. The average molecular weight is 191 g/mol. The van der Waals surface area contributed by atoms with E-state index in [1.165, 1.54) is 6.92 Å². The van der Waals surface area contributed by atoms with Crippen molar-refractivity contribution in [3.8, 4) is 0 Å². The van der Waals surface area contributed by atoms with Crippen LogP contribution in [0, 0.1) is 0 Å². The van der Waals surface area contributed by atoms with Gasteiger partial charge in [-0.1, -0.05) is 30.3 Å². The predicted molar refractivity (Wildman–Crippen MR) is 54.3 cm³/mol. The number of hydrogen-bond acceptors (Lipinski definition) is 3. The third-order valence-corrected chi connectivity index (χ3v) is 1.76. The standard InChI is InChI=1S/C11H13NO2/c1-9(13)7-12-8-11(14)10-5-3-2-4-6-10/h2-6,12H,7-8H2,1H3. The van der Waals surface area contributed by atoms with E-state index < -0.39 is 0 Å². The van der Waals surface area contributed by atoms with Gasteiger partial charge in [-0.05, 0) is 6.92 Å². The maximum atomic E-state index is 11.5. The Morgan fingerprint density at radius 2 is 1.79 bits per heavy atom. The van der Waals surface area contributed by atoms with E-state index in [1.807, 2.05) is 18.2 Å². The molecule has 0 aromatic heterocycles. The van der Waals surface area contributed by atoms with Crippen LogP contribution in [0.15, 0.2) is 30.3 Å². The van der Waals surface area contributed by atoms with Crippen molar-refractivity contribution in [2.24, 2.45) is 0 Å². The quantitative estimate of drug-likeness (QED) is 0.707. The molecule has 3 nitrogen and oxygen atoms in total. The van der Waals surface area contributed by atoms with Crippen molar-refractivity contribution in [1.82, 2.24) is 5.32 Å². The number of ketones is 2. The molecule has 1 rings (SSSR count). The van der Waals surface area contributed by atoms with Gasteiger partial charge in [0.05, 0.1) is 13.1 Å². The van der Waals surface area contributed by atoms with Crippen LogP contribution in [0.25, 0.3) is 0 Å². The van der Waals surface area contributed by atoms with Gasteiger partial charge >= 0.3 is 0 Å². The van der Waals surface area contributed by atoms with Crippen molar-refractivity contribution in [2.45, 2.75) is 6.92 Å². The van der Waals surface area contributed by atoms with Crippen LogP contribution in [0.3, 0.4) is 0 Å². The van der Waals surface area contributed by atoms with E-state index in [0.29, 0.717) is 5.56 Å². The molecule has 1 aromatic rings. The number of carbonyl (C=O) groups is 2. The molecule has 0 aliphatic heterocycles. The molecule has 0 spiro atoms. The Labute approximate surface area is 83.1 Å². The molecule has 0 radical (unpaired) electrons. The summed E-state index contributed by atoms with van der Waals surface area (Å²) in [5, 5.41) is 2.78. The second-order valence-corrected chi connectivity index (χ2v) is 3.09. The molecule has 0 unspecified atom stereocenters. The lowest BCUT2D eigenvalue weighted by Crippen LogP contribution is -2.27. The zero-order valence-electron chi connectivity index (χ0n) is 8.12. The number of benzene rings is 1. The van der Waals surface area contributed by atoms with Crippen LogP contribution in [0.4, 0.5) is 0 Å². The van der Waals surface area contributed by atoms with Crippen LogP contribution in [0.5, 0.6) is 0 Å². The average Bonchev–Trinajstić information content (AvgIpc) is 2.18. The van der Waals surface area contributed by atoms with Gasteiger partial charge in [0.2, 0.25) is 0 Å². The number of rotatable bonds is 5. The molecule has 0 amide bonds. The topological polar surface area (TPSA) is 46.2 Å². The molecule has 0 fully saturated rings. The third kappa shape index (κ3) is 3.49. The van der Waals surface area contributed by atoms with E-state index in [4.69, 9.17) is 0 Å². The maximum Gasteiger partial charge on any atom is 0.176 e. The first-order chi connectivity index (χ1) is 6.70. The lowest BCUT2D eigenvalue weighted by atomic mass is 10.1. The Bertz CT molecular complexity index is 319. The van der Waals surface area contributed by atoms with Crippen molar-refractivity contribution in [3.05, 3.63) is 35.9 Å². The van der Waals surface area contributed by atoms with E-state index in [2.05, 4.69) is 5.32 Å². The van der Waals surface area contributed by atoms with Gasteiger partial charge in [-0.2, -0.15) is 0 Å². The molecule has 1 N–H and O–H groups in total. The minimum atomic E-state index is 0.00634. The Morgan fingerprint density at radius 1 is 1.14 bits per heavy atom. The lowest BCUT2D eigenvalue weighted by Gasteiger charge is -2.01. The number of nitrogens with one attached hydrogen (secondary N) is 1. The summed E-state index contributed by atoms with van der Waals surface area (Å²) in [4.78, 5) is 22.0. The Morgan fingerprint density at radius 3 is 2.36 bits per heavy atom. The molecule has 0 bridgehead atoms. The molecule has 0 heterocycles. The highest BCUT2D eigenvalue weighted by molar-refractivity contribution is 5.97. The SMILES string of the molecule is CC(=O)CNCC(=O)c1ccccc1. The van der Waals surface area contributed by atoms with Crippen molar-refractivity contribution in [2.75, 3.05) is 13.1 Å². The van der Waals surface area contributed by atoms with Crippen molar-refractivity contribution < 1.29 is 9.59 Å². The van der Waals surface area contributed by atoms with Crippen LogP contribution >= 0.6 is 0 Å². The van der Waals surface area contributed by atoms with Gasteiger partial charge in [0.15, 0.2) is 5.78 Å². The van der Waals surface area contributed by atoms with Crippen molar-refractivity contribution in [1.29, 1.82) is 0 Å². The number of Topliss-reactive ketones (excluding diaryl/α,β-unsaturated/α-hetero) is 2. The molecule has 0 saturated heterocycles. The second-order valence-electron chi connectivity index (χ2n) is 3.09. The van der Waals surface area contributed by atoms with Gasteiger partial charge in [-0.3, -0.25) is 9.59 Å². The van der Waals surface area contributed by atoms with Crippen LogP contribution in [-0.4, -0.2) is 24.7 Å². The van der Waals surface area contributed by atoms with E-state index in [0.717, 1.165) is 0 Å². The van der Waals surface area contributed by atoms with Gasteiger partial charge in [0.1, 0.15) is 5.78 Å². The molecule has 0 atom stereocenters. The summed E-state index contributed by atoms with van der Waals surface area (Å²) < 4.78 is 0. The first-order valence-corrected chi connectivity index (χ1v) is 4.48. The second kappa shape index (κ2) is 5.29. The van der Waals surface area contributed by atoms with Crippen molar-refractivity contribution in [3.63, 3.8) is 0 Å². The van der Waals surface area contributed by atoms with E-state index >= 15 is 0 Å². The monoisotopic (exact) mass is 191 g/mol. The first-order valence-electron chi connectivity index (χ1n) is 4.48. The Balaban J connectivity index is 2.40. The smallest absolute Gasteiger partial charge is 0.176 e. The fraction of sp³-hybridized carbons (Fsp3) is 0.273. The van der Waals surface area contributed by atoms with Crippen LogP contribution in [0.2, 0.25) is 0 Å². The van der Waals surface area contributed by atoms with Gasteiger partial charge in [-0.15, -0.1) is 0 Å². The van der Waals surface area contributed by atoms with Gasteiger partial charge in [-0.25, -0.2) is 0 Å². The summed E-state index contributed by atoms with van der Waals surface area (Å²) in [6.07, 6.45) is 0. The maximum absolute atomic E-state index is 11.5. The minimum Gasteiger partial charge on any atom is -0.303 e. The summed E-state index contributed by atoms with van der Waals surface area (Å²) in [7, 11) is 0. The third-order valence-electron chi connectivity index (χ3n) is 1.76. The van der Waals surface area contributed by atoms with Crippen LogP contribution in [0.1, 0.15) is 17.3 Å². The highest BCUT2D eigenvalue weighted by Gasteiger charge is 2.03. The highest BCUT2D eigenvalue weighted by Crippen LogP contribution is 1.98. The molecular formula is C11H13NO2. The highest BCUT2D eigenvalue weighted by atomic mass is 16.1. The zero-order chi connectivity index (χ0) is 10.4. The largest absolute Gasteiger partial charge is 0.303 e. The predicted octanol–water partition coefficient (Wildman–Crippen LogP) is 1.05. The lowest BCUT2D eigenvalue weighted by molar-refractivity contribution is -0.116. The molecule has 1 aromatic carbocycles. The molecule has 14 heavy (non-hydrogen) atoms. The number of carbonyl (C=O) groups excluding carboxylic acids is 2. The molecule has 0 saturated carbocycles.